The first kappa shape index (κ1) is 44.9. The van der Waals surface area contributed by atoms with Crippen LogP contribution in [0.3, 0.4) is 0 Å². The lowest BCUT2D eigenvalue weighted by molar-refractivity contribution is 0.766. The summed E-state index contributed by atoms with van der Waals surface area (Å²) in [6, 6.07) is 112. The van der Waals surface area contributed by atoms with Crippen molar-refractivity contribution in [2.45, 2.75) is 12.0 Å². The molecule has 0 fully saturated rings. The number of hydrogen-bond donors (Lipinski definition) is 0. The van der Waals surface area contributed by atoms with Crippen molar-refractivity contribution < 1.29 is 0 Å². The molecular weight excluding hydrogens is 917 g/mol. The molecule has 0 saturated heterocycles. The van der Waals surface area contributed by atoms with Gasteiger partial charge < -0.3 is 9.47 Å². The Hall–Kier alpha value is -9.76. The van der Waals surface area contributed by atoms with Gasteiger partial charge in [-0.1, -0.05) is 243 Å². The van der Waals surface area contributed by atoms with Crippen molar-refractivity contribution in [2.24, 2.45) is 0 Å². The number of para-hydroxylation sites is 2. The number of benzene rings is 12. The van der Waals surface area contributed by atoms with Crippen molar-refractivity contribution in [2.75, 3.05) is 4.90 Å². The van der Waals surface area contributed by atoms with Crippen LogP contribution in [0.15, 0.2) is 303 Å². The quantitative estimate of drug-likeness (QED) is 0.125. The van der Waals surface area contributed by atoms with Gasteiger partial charge in [-0.05, 0) is 144 Å². The lowest BCUT2D eigenvalue weighted by Gasteiger charge is -2.34. The Morgan fingerprint density at radius 3 is 1.43 bits per heavy atom. The van der Waals surface area contributed by atoms with E-state index in [9.17, 15) is 0 Å². The van der Waals surface area contributed by atoms with Crippen LogP contribution in [0.1, 0.15) is 27.8 Å². The Labute approximate surface area is 444 Å². The van der Waals surface area contributed by atoms with Crippen molar-refractivity contribution >= 4 is 33.2 Å². The molecule has 2 heteroatoms. The van der Waals surface area contributed by atoms with Crippen LogP contribution in [0, 0.1) is 0 Å². The number of anilines is 2. The van der Waals surface area contributed by atoms with Gasteiger partial charge in [0.05, 0.1) is 16.4 Å². The van der Waals surface area contributed by atoms with Crippen LogP contribution in [0.2, 0.25) is 0 Å². The van der Waals surface area contributed by atoms with Gasteiger partial charge in [-0.15, -0.1) is 0 Å². The highest BCUT2D eigenvalue weighted by Gasteiger charge is 2.46. The zero-order valence-corrected chi connectivity index (χ0v) is 42.0. The zero-order chi connectivity index (χ0) is 50.4. The molecule has 13 aromatic rings. The molecule has 0 amide bonds. The highest BCUT2D eigenvalue weighted by Crippen LogP contribution is 2.56. The first-order valence-corrected chi connectivity index (χ1v) is 26.3. The lowest BCUT2D eigenvalue weighted by Crippen LogP contribution is -2.28. The molecule has 0 spiro atoms. The second-order valence-electron chi connectivity index (χ2n) is 20.0. The van der Waals surface area contributed by atoms with Gasteiger partial charge in [-0.2, -0.15) is 0 Å². The van der Waals surface area contributed by atoms with E-state index < -0.39 is 5.41 Å². The molecule has 1 aliphatic carbocycles. The summed E-state index contributed by atoms with van der Waals surface area (Å²) in [4.78, 5) is 2.45. The van der Waals surface area contributed by atoms with Crippen LogP contribution in [0.4, 0.5) is 11.4 Å². The lowest BCUT2D eigenvalue weighted by atomic mass is 9.67. The normalized spacial score (nSPS) is 12.4. The number of fused-ring (bicyclic) bond motifs is 6. The largest absolute Gasteiger partial charge is 0.337 e. The van der Waals surface area contributed by atoms with Gasteiger partial charge in [-0.25, -0.2) is 0 Å². The van der Waals surface area contributed by atoms with Crippen LogP contribution in [-0.2, 0) is 12.0 Å². The van der Waals surface area contributed by atoms with Crippen molar-refractivity contribution in [3.63, 3.8) is 0 Å². The second kappa shape index (κ2) is 18.9. The fraction of sp³-hybridized carbons (Fsp3) is 0.0270. The topological polar surface area (TPSA) is 8.17 Å². The molecule has 1 aromatic heterocycles. The Morgan fingerprint density at radius 1 is 0.289 bits per heavy atom. The van der Waals surface area contributed by atoms with Gasteiger partial charge in [0.15, 0.2) is 0 Å². The van der Waals surface area contributed by atoms with Crippen LogP contribution < -0.4 is 4.90 Å². The molecule has 0 atom stereocenters. The molecule has 2 nitrogen and oxygen atoms in total. The van der Waals surface area contributed by atoms with E-state index in [-0.39, 0.29) is 0 Å². The summed E-state index contributed by atoms with van der Waals surface area (Å²) < 4.78 is 2.46. The standard InChI is InChI=1S/C74H52N2/c1-6-21-53(22-7-1)59-47-60(54-23-8-2-9-24-54)49-65(48-59)76-72-36-19-17-34-68(72)69-44-40-58(50-73(69)76)57-26-20-25-56(46-57)55-38-41-64(42-39-55)75(63-31-14-5-15-32-63)51-52-37-43-67-66-33-16-18-35-70(66)74(71(67)45-52,61-27-10-3-11-28-61)62-29-12-4-13-30-62/h1-50H,51H2. The van der Waals surface area contributed by atoms with E-state index in [0.29, 0.717) is 6.54 Å². The second-order valence-corrected chi connectivity index (χ2v) is 20.0. The molecule has 0 aliphatic heterocycles. The summed E-state index contributed by atoms with van der Waals surface area (Å²) in [7, 11) is 0. The summed E-state index contributed by atoms with van der Waals surface area (Å²) in [6.45, 7) is 0.700. The third kappa shape index (κ3) is 7.74. The molecule has 0 radical (unpaired) electrons. The van der Waals surface area contributed by atoms with E-state index in [1.807, 2.05) is 0 Å². The van der Waals surface area contributed by atoms with Crippen LogP contribution in [0.25, 0.3) is 83.1 Å². The highest BCUT2D eigenvalue weighted by molar-refractivity contribution is 6.10. The van der Waals surface area contributed by atoms with Gasteiger partial charge in [0.1, 0.15) is 0 Å². The maximum atomic E-state index is 2.48. The number of aromatic nitrogens is 1. The molecule has 0 bridgehead atoms. The van der Waals surface area contributed by atoms with Gasteiger partial charge in [0.2, 0.25) is 0 Å². The first-order chi connectivity index (χ1) is 37.7. The Balaban J connectivity index is 0.823. The predicted molar refractivity (Wildman–Crippen MR) is 319 cm³/mol. The SMILES string of the molecule is c1ccc(-c2cc(-c3ccccc3)cc(-n3c4ccccc4c4ccc(-c5cccc(-c6ccc(N(Cc7ccc8c(c7)C(c7ccccc7)(c7ccccc7)c7ccccc7-8)c7ccccc7)cc6)c5)cc43)c2)cc1. The zero-order valence-electron chi connectivity index (χ0n) is 42.0. The minimum atomic E-state index is -0.455. The maximum Gasteiger partial charge on any atom is 0.0713 e. The van der Waals surface area contributed by atoms with E-state index in [2.05, 4.69) is 313 Å². The summed E-state index contributed by atoms with van der Waals surface area (Å²) in [5.74, 6) is 0. The molecule has 358 valence electrons. The third-order valence-electron chi connectivity index (χ3n) is 15.7. The number of hydrogen-bond acceptors (Lipinski definition) is 1. The van der Waals surface area contributed by atoms with Gasteiger partial charge in [-0.3, -0.25) is 0 Å². The fourth-order valence-electron chi connectivity index (χ4n) is 12.2. The molecule has 1 aliphatic rings. The van der Waals surface area contributed by atoms with Crippen molar-refractivity contribution in [3.05, 3.63) is 331 Å². The average molecular weight is 969 g/mol. The Kier molecular flexibility index (Phi) is 11.2. The molecule has 14 rings (SSSR count). The van der Waals surface area contributed by atoms with Gasteiger partial charge >= 0.3 is 0 Å². The first-order valence-electron chi connectivity index (χ1n) is 26.3. The molecule has 1 heterocycles. The maximum absolute atomic E-state index is 2.48. The van der Waals surface area contributed by atoms with Gasteiger partial charge in [0.25, 0.3) is 0 Å². The summed E-state index contributed by atoms with van der Waals surface area (Å²) in [6.07, 6.45) is 0. The molecule has 0 N–H and O–H groups in total. The van der Waals surface area contributed by atoms with Crippen molar-refractivity contribution in [1.82, 2.24) is 4.57 Å². The molecular formula is C74H52N2. The van der Waals surface area contributed by atoms with Crippen molar-refractivity contribution in [3.8, 4) is 61.3 Å². The molecule has 12 aromatic carbocycles. The predicted octanol–water partition coefficient (Wildman–Crippen LogP) is 19.2. The van der Waals surface area contributed by atoms with Crippen LogP contribution >= 0.6 is 0 Å². The summed E-state index contributed by atoms with van der Waals surface area (Å²) >= 11 is 0. The summed E-state index contributed by atoms with van der Waals surface area (Å²) in [5.41, 5.74) is 23.8. The van der Waals surface area contributed by atoms with Crippen LogP contribution in [-0.4, -0.2) is 4.57 Å². The third-order valence-corrected chi connectivity index (χ3v) is 15.7. The van der Waals surface area contributed by atoms with Crippen molar-refractivity contribution in [1.29, 1.82) is 0 Å². The van der Waals surface area contributed by atoms with E-state index >= 15 is 0 Å². The minimum absolute atomic E-state index is 0.455. The summed E-state index contributed by atoms with van der Waals surface area (Å²) in [5, 5.41) is 2.47. The Morgan fingerprint density at radius 2 is 0.763 bits per heavy atom. The van der Waals surface area contributed by atoms with Crippen LogP contribution in [0.5, 0.6) is 0 Å². The molecule has 76 heavy (non-hydrogen) atoms. The number of nitrogens with zero attached hydrogens (tertiary/aromatic N) is 2. The number of rotatable bonds is 11. The Bertz CT molecular complexity index is 4120. The van der Waals surface area contributed by atoms with E-state index in [1.54, 1.807) is 0 Å². The molecule has 0 unspecified atom stereocenters. The highest BCUT2D eigenvalue weighted by atomic mass is 15.1. The molecule has 0 saturated carbocycles. The van der Waals surface area contributed by atoms with Gasteiger partial charge in [0, 0.05) is 34.4 Å². The van der Waals surface area contributed by atoms with E-state index in [4.69, 9.17) is 0 Å². The monoisotopic (exact) mass is 968 g/mol. The minimum Gasteiger partial charge on any atom is -0.337 e. The fourth-order valence-corrected chi connectivity index (χ4v) is 12.2. The smallest absolute Gasteiger partial charge is 0.0713 e. The van der Waals surface area contributed by atoms with E-state index in [0.717, 1.165) is 17.1 Å². The average Bonchev–Trinajstić information content (AvgIpc) is 4.09. The van der Waals surface area contributed by atoms with E-state index in [1.165, 1.54) is 105 Å².